The summed E-state index contributed by atoms with van der Waals surface area (Å²) in [6.45, 7) is -5.78. The number of hydrogen-bond donors (Lipinski definition) is 12. The average Bonchev–Trinajstić information content (AvgIpc) is 3.39. The van der Waals surface area contributed by atoms with Gasteiger partial charge in [-0.3, -0.25) is 14.7 Å². The van der Waals surface area contributed by atoms with Crippen LogP contribution in [0.25, 0.3) is 0 Å². The zero-order valence-corrected chi connectivity index (χ0v) is 35.0. The highest BCUT2D eigenvalue weighted by Gasteiger charge is 2.23. The van der Waals surface area contributed by atoms with Gasteiger partial charge in [-0.1, -0.05) is 0 Å². The van der Waals surface area contributed by atoms with Gasteiger partial charge in [0.15, 0.2) is 77.0 Å². The molecular weight excluding hydrogens is 870 g/mol. The van der Waals surface area contributed by atoms with E-state index >= 15 is 0 Å². The van der Waals surface area contributed by atoms with Crippen molar-refractivity contribution in [3.8, 4) is 0 Å². The maximum Gasteiger partial charge on any atom is 0.185 e. The van der Waals surface area contributed by atoms with Crippen LogP contribution in [0.4, 0.5) is 0 Å². The van der Waals surface area contributed by atoms with Crippen LogP contribution in [-0.4, -0.2) is 292 Å². The van der Waals surface area contributed by atoms with Gasteiger partial charge in [-0.25, -0.2) is 0 Å². The zero-order chi connectivity index (χ0) is 46.5. The van der Waals surface area contributed by atoms with Gasteiger partial charge < -0.3 is 132 Å². The molecule has 63 heavy (non-hydrogen) atoms. The van der Waals surface area contributed by atoms with E-state index in [1.807, 2.05) is 14.7 Å². The van der Waals surface area contributed by atoms with Crippen LogP contribution < -0.4 is 0 Å². The summed E-state index contributed by atoms with van der Waals surface area (Å²) < 4.78 is 80.0. The maximum absolute atomic E-state index is 9.55. The second-order valence-corrected chi connectivity index (χ2v) is 12.7. The standard InChI is InChI=1S/C33H69N3O27/c37-7-25(43)55-19-49-13-31(61-22-58-28(46)10-40)52-16-34-1-2-35(17-53-32(62-23-59-29(47)11-41)14-50-20-56-26(44)8-38)5-6-36(4-3-34)18-54-33(63-24-60-30(48)12-42)15-51-21-57-27(45)9-39/h25-33,37-48H,1-24H2/t25-,26-,27?,28-,29-,30?,31+,32+,33?/m1/s1. The highest BCUT2D eigenvalue weighted by molar-refractivity contribution is 4.69. The van der Waals surface area contributed by atoms with E-state index in [0.717, 1.165) is 0 Å². The first-order valence-electron chi connectivity index (χ1n) is 19.5. The summed E-state index contributed by atoms with van der Waals surface area (Å²) in [5.74, 6) is 0. The predicted octanol–water partition coefficient (Wildman–Crippen LogP) is -8.39. The topological polar surface area (TPSA) is 391 Å². The first kappa shape index (κ1) is 59.8. The van der Waals surface area contributed by atoms with Crippen LogP contribution in [0.15, 0.2) is 0 Å². The lowest BCUT2D eigenvalue weighted by Gasteiger charge is -2.28. The SMILES string of the molecule is OCC(O)OCOCC(OCOC(O)CO)OCN1CCN(CO[C@H](COCO[C@@H](O)CO)OCO[C@@H](O)CO)CCN(CO[C@H](COCO[C@@H](O)CO)OCO[C@@H](O)CO)CC1. The molecule has 30 nitrogen and oxygen atoms in total. The number of aliphatic hydroxyl groups is 12. The summed E-state index contributed by atoms with van der Waals surface area (Å²) in [6.07, 6.45) is -12.4. The molecule has 1 aliphatic rings. The van der Waals surface area contributed by atoms with Crippen LogP contribution in [0, 0.1) is 0 Å². The number of nitrogens with zero attached hydrogens (tertiary/aromatic N) is 3. The molecule has 0 saturated carbocycles. The van der Waals surface area contributed by atoms with Crippen molar-refractivity contribution in [3.05, 3.63) is 0 Å². The van der Waals surface area contributed by atoms with Crippen molar-refractivity contribution in [2.75, 3.05) is 160 Å². The fourth-order valence-corrected chi connectivity index (χ4v) is 4.28. The molecule has 378 valence electrons. The Morgan fingerprint density at radius 3 is 0.698 bits per heavy atom. The van der Waals surface area contributed by atoms with Crippen molar-refractivity contribution < 1.29 is 132 Å². The Hall–Kier alpha value is -1.20. The fourth-order valence-electron chi connectivity index (χ4n) is 4.28. The van der Waals surface area contributed by atoms with Crippen molar-refractivity contribution in [1.29, 1.82) is 0 Å². The highest BCUT2D eigenvalue weighted by atomic mass is 16.8. The molecule has 30 heteroatoms. The van der Waals surface area contributed by atoms with Crippen molar-refractivity contribution in [2.45, 2.75) is 56.6 Å². The van der Waals surface area contributed by atoms with Crippen LogP contribution in [0.1, 0.15) is 0 Å². The third-order valence-corrected chi connectivity index (χ3v) is 7.80. The third kappa shape index (κ3) is 33.0. The molecule has 0 aliphatic carbocycles. The average molecular weight is 940 g/mol. The van der Waals surface area contributed by atoms with Gasteiger partial charge in [0.25, 0.3) is 0 Å². The monoisotopic (exact) mass is 939 g/mol. The normalized spacial score (nSPS) is 19.4. The Balaban J connectivity index is 3.15. The first-order chi connectivity index (χ1) is 30.5. The van der Waals surface area contributed by atoms with Gasteiger partial charge in [0, 0.05) is 39.3 Å². The van der Waals surface area contributed by atoms with Crippen molar-refractivity contribution >= 4 is 0 Å². The lowest BCUT2D eigenvalue weighted by atomic mass is 10.4. The molecule has 0 radical (unpaired) electrons. The van der Waals surface area contributed by atoms with E-state index in [0.29, 0.717) is 39.3 Å². The largest absolute Gasteiger partial charge is 0.391 e. The summed E-state index contributed by atoms with van der Waals surface area (Å²) in [5.41, 5.74) is 0. The van der Waals surface area contributed by atoms with Crippen LogP contribution in [0.2, 0.25) is 0 Å². The van der Waals surface area contributed by atoms with Gasteiger partial charge in [-0.2, -0.15) is 0 Å². The summed E-state index contributed by atoms with van der Waals surface area (Å²) in [6, 6.07) is 0. The molecule has 3 unspecified atom stereocenters. The van der Waals surface area contributed by atoms with Crippen LogP contribution >= 0.6 is 0 Å². The Morgan fingerprint density at radius 2 is 0.492 bits per heavy atom. The molecule has 0 aromatic carbocycles. The molecule has 1 aliphatic heterocycles. The second-order valence-electron chi connectivity index (χ2n) is 12.7. The van der Waals surface area contributed by atoms with Crippen molar-refractivity contribution in [1.82, 2.24) is 14.7 Å². The molecule has 0 bridgehead atoms. The number of aliphatic hydroxyl groups excluding tert-OH is 12. The molecule has 0 aromatic heterocycles. The molecule has 1 saturated heterocycles. The van der Waals surface area contributed by atoms with E-state index in [4.69, 9.17) is 102 Å². The van der Waals surface area contributed by atoms with Gasteiger partial charge in [-0.15, -0.1) is 0 Å². The molecule has 9 atom stereocenters. The number of hydrogen-bond acceptors (Lipinski definition) is 30. The van der Waals surface area contributed by atoms with E-state index in [1.165, 1.54) is 0 Å². The fraction of sp³-hybridized carbons (Fsp3) is 1.00. The Labute approximate surface area is 363 Å². The molecule has 0 amide bonds. The van der Waals surface area contributed by atoms with E-state index in [1.54, 1.807) is 0 Å². The smallest absolute Gasteiger partial charge is 0.185 e. The summed E-state index contributed by atoms with van der Waals surface area (Å²) in [5, 5.41) is 111. The summed E-state index contributed by atoms with van der Waals surface area (Å²) in [7, 11) is 0. The highest BCUT2D eigenvalue weighted by Crippen LogP contribution is 2.09. The van der Waals surface area contributed by atoms with E-state index in [9.17, 15) is 30.6 Å². The van der Waals surface area contributed by atoms with Gasteiger partial charge in [-0.05, 0) is 0 Å². The van der Waals surface area contributed by atoms with Crippen molar-refractivity contribution in [3.63, 3.8) is 0 Å². The molecule has 1 heterocycles. The minimum Gasteiger partial charge on any atom is -0.391 e. The molecular formula is C33H69N3O27. The quantitative estimate of drug-likeness (QED) is 0.0200. The molecule has 1 rings (SSSR count). The van der Waals surface area contributed by atoms with Crippen LogP contribution in [-0.2, 0) is 71.1 Å². The lowest BCUT2D eigenvalue weighted by molar-refractivity contribution is -0.271. The maximum atomic E-state index is 9.55. The Kier molecular flexibility index (Phi) is 37.9. The predicted molar refractivity (Wildman–Crippen MR) is 199 cm³/mol. The minimum atomic E-state index is -1.53. The van der Waals surface area contributed by atoms with E-state index in [-0.39, 0.29) is 40.0 Å². The number of ether oxygens (including phenoxy) is 15. The lowest BCUT2D eigenvalue weighted by Crippen LogP contribution is -2.41. The second kappa shape index (κ2) is 39.9. The molecule has 1 fully saturated rings. The van der Waals surface area contributed by atoms with Gasteiger partial charge in [0.1, 0.15) is 60.4 Å². The van der Waals surface area contributed by atoms with Gasteiger partial charge in [0.2, 0.25) is 0 Å². The van der Waals surface area contributed by atoms with E-state index < -0.39 is 137 Å². The van der Waals surface area contributed by atoms with Crippen LogP contribution in [0.3, 0.4) is 0 Å². The summed E-state index contributed by atoms with van der Waals surface area (Å²) in [4.78, 5) is 5.65. The van der Waals surface area contributed by atoms with Gasteiger partial charge >= 0.3 is 0 Å². The summed E-state index contributed by atoms with van der Waals surface area (Å²) >= 11 is 0. The molecule has 0 aromatic rings. The first-order valence-corrected chi connectivity index (χ1v) is 19.5. The third-order valence-electron chi connectivity index (χ3n) is 7.80. The minimum absolute atomic E-state index is 0.0757. The Morgan fingerprint density at radius 1 is 0.286 bits per heavy atom. The van der Waals surface area contributed by atoms with Gasteiger partial charge in [0.05, 0.1) is 39.6 Å². The van der Waals surface area contributed by atoms with Crippen molar-refractivity contribution in [2.24, 2.45) is 0 Å². The molecule has 12 N–H and O–H groups in total. The molecule has 0 spiro atoms. The zero-order valence-electron chi connectivity index (χ0n) is 35.0. The van der Waals surface area contributed by atoms with E-state index in [2.05, 4.69) is 0 Å². The van der Waals surface area contributed by atoms with Crippen LogP contribution in [0.5, 0.6) is 0 Å². The number of rotatable bonds is 42. The Bertz CT molecular complexity index is 880.